The molecule has 0 unspecified atom stereocenters. The van der Waals surface area contributed by atoms with E-state index in [2.05, 4.69) is 72.5 Å². The van der Waals surface area contributed by atoms with Crippen LogP contribution in [0.1, 0.15) is 33.4 Å². The zero-order valence-electron chi connectivity index (χ0n) is 11.2. The molecule has 0 N–H and O–H groups in total. The van der Waals surface area contributed by atoms with Crippen LogP contribution in [0.2, 0.25) is 0 Å². The van der Waals surface area contributed by atoms with Gasteiger partial charge in [-0.3, -0.25) is 0 Å². The molecule has 4 rings (SSSR count). The van der Waals surface area contributed by atoms with Crippen LogP contribution < -0.4 is 0 Å². The van der Waals surface area contributed by atoms with Gasteiger partial charge in [-0.05, 0) is 59.4 Å². The van der Waals surface area contributed by atoms with Crippen LogP contribution in [0.5, 0.6) is 0 Å². The summed E-state index contributed by atoms with van der Waals surface area (Å²) in [5.41, 5.74) is 7.61. The lowest BCUT2D eigenvalue weighted by atomic mass is 10.0. The summed E-state index contributed by atoms with van der Waals surface area (Å²) in [7, 11) is 0. The smallest absolute Gasteiger partial charge is 0.0255 e. The van der Waals surface area contributed by atoms with Gasteiger partial charge < -0.3 is 0 Å². The monoisotopic (exact) mass is 254 g/mol. The summed E-state index contributed by atoms with van der Waals surface area (Å²) in [4.78, 5) is 0. The molecule has 0 amide bonds. The molecule has 20 heavy (non-hydrogen) atoms. The molecule has 94 valence electrons. The van der Waals surface area contributed by atoms with Crippen molar-refractivity contribution >= 4 is 12.2 Å². The molecule has 2 aromatic rings. The van der Waals surface area contributed by atoms with Gasteiger partial charge in [-0.15, -0.1) is 0 Å². The molecule has 0 aromatic heterocycles. The van der Waals surface area contributed by atoms with Gasteiger partial charge in [0.05, 0.1) is 0 Å². The summed E-state index contributed by atoms with van der Waals surface area (Å²) < 4.78 is 0. The molecule has 0 heteroatoms. The number of benzene rings is 2. The van der Waals surface area contributed by atoms with Crippen molar-refractivity contribution in [2.75, 3.05) is 0 Å². The summed E-state index contributed by atoms with van der Waals surface area (Å²) in [6, 6.07) is 13.0. The lowest BCUT2D eigenvalue weighted by molar-refractivity contribution is 1.30. The van der Waals surface area contributed by atoms with Crippen LogP contribution in [-0.4, -0.2) is 0 Å². The fourth-order valence-electron chi connectivity index (χ4n) is 2.80. The largest absolute Gasteiger partial charge is 0.0795 e. The predicted molar refractivity (Wildman–Crippen MR) is 84.3 cm³/mol. The van der Waals surface area contributed by atoms with Crippen molar-refractivity contribution in [1.29, 1.82) is 0 Å². The molecule has 0 saturated heterocycles. The normalized spacial score (nSPS) is 13.8. The highest BCUT2D eigenvalue weighted by Crippen LogP contribution is 2.21. The van der Waals surface area contributed by atoms with Crippen LogP contribution in [0.15, 0.2) is 48.6 Å². The minimum absolute atomic E-state index is 1.06. The van der Waals surface area contributed by atoms with E-state index in [0.717, 1.165) is 24.0 Å². The van der Waals surface area contributed by atoms with Gasteiger partial charge in [0.25, 0.3) is 0 Å². The molecule has 0 atom stereocenters. The van der Waals surface area contributed by atoms with Crippen LogP contribution in [0, 0.1) is 11.8 Å². The standard InChI is InChI=1S/C20H14/c1-3-17-11-9-15(13-19(17)5-1)7-8-16-10-12-18-4-2-6-20(18)14-16/h1-2,5-6,9-14H,3-4H2. The second-order valence-corrected chi connectivity index (χ2v) is 5.29. The molecule has 2 aromatic carbocycles. The molecule has 0 radical (unpaired) electrons. The first-order valence-corrected chi connectivity index (χ1v) is 6.99. The third-order valence-electron chi connectivity index (χ3n) is 3.91. The maximum absolute atomic E-state index is 3.27. The van der Waals surface area contributed by atoms with E-state index in [1.165, 1.54) is 22.3 Å². The van der Waals surface area contributed by atoms with E-state index in [1.54, 1.807) is 0 Å². The highest BCUT2D eigenvalue weighted by molar-refractivity contribution is 5.64. The van der Waals surface area contributed by atoms with Crippen LogP contribution >= 0.6 is 0 Å². The van der Waals surface area contributed by atoms with Gasteiger partial charge in [-0.2, -0.15) is 0 Å². The van der Waals surface area contributed by atoms with E-state index in [9.17, 15) is 0 Å². The van der Waals surface area contributed by atoms with Crippen LogP contribution in [0.3, 0.4) is 0 Å². The topological polar surface area (TPSA) is 0 Å². The SMILES string of the molecule is C(#Cc1ccc2c(c1)C=CC2)c1ccc2c(c1)C=CC2. The zero-order chi connectivity index (χ0) is 13.4. The first-order chi connectivity index (χ1) is 9.88. The van der Waals surface area contributed by atoms with Crippen molar-refractivity contribution in [3.05, 3.63) is 81.9 Å². The van der Waals surface area contributed by atoms with Gasteiger partial charge in [0.1, 0.15) is 0 Å². The van der Waals surface area contributed by atoms with Gasteiger partial charge >= 0.3 is 0 Å². The molecule has 0 fully saturated rings. The van der Waals surface area contributed by atoms with Gasteiger partial charge in [-0.1, -0.05) is 48.3 Å². The lowest BCUT2D eigenvalue weighted by Crippen LogP contribution is -1.85. The molecule has 0 aliphatic heterocycles. The quantitative estimate of drug-likeness (QED) is 0.617. The third kappa shape index (κ3) is 1.98. The summed E-state index contributed by atoms with van der Waals surface area (Å²) in [6.07, 6.45) is 10.9. The fourth-order valence-corrected chi connectivity index (χ4v) is 2.80. The van der Waals surface area contributed by atoms with Crippen LogP contribution in [0.4, 0.5) is 0 Å². The second kappa shape index (κ2) is 4.54. The number of rotatable bonds is 0. The Morgan fingerprint density at radius 3 is 1.65 bits per heavy atom. The molecule has 2 aliphatic rings. The molecular weight excluding hydrogens is 240 g/mol. The molecular formula is C20H14. The minimum atomic E-state index is 1.06. The summed E-state index contributed by atoms with van der Waals surface area (Å²) in [5, 5.41) is 0. The van der Waals surface area contributed by atoms with E-state index in [1.807, 2.05) is 0 Å². The fraction of sp³-hybridized carbons (Fsp3) is 0.100. The summed E-state index contributed by atoms with van der Waals surface area (Å²) in [6.45, 7) is 0. The van der Waals surface area contributed by atoms with E-state index in [4.69, 9.17) is 0 Å². The number of allylic oxidation sites excluding steroid dienone is 2. The Kier molecular flexibility index (Phi) is 2.57. The van der Waals surface area contributed by atoms with Crippen LogP contribution in [0.25, 0.3) is 12.2 Å². The average Bonchev–Trinajstić information content (AvgIpc) is 3.12. The van der Waals surface area contributed by atoms with Crippen molar-refractivity contribution in [1.82, 2.24) is 0 Å². The van der Waals surface area contributed by atoms with E-state index in [-0.39, 0.29) is 0 Å². The van der Waals surface area contributed by atoms with Crippen LogP contribution in [-0.2, 0) is 12.8 Å². The van der Waals surface area contributed by atoms with Gasteiger partial charge in [0.2, 0.25) is 0 Å². The van der Waals surface area contributed by atoms with Gasteiger partial charge in [0, 0.05) is 11.1 Å². The molecule has 0 spiro atoms. The molecule has 0 saturated carbocycles. The maximum Gasteiger partial charge on any atom is 0.0255 e. The van der Waals surface area contributed by atoms with E-state index < -0.39 is 0 Å². The van der Waals surface area contributed by atoms with Crippen molar-refractivity contribution in [3.8, 4) is 11.8 Å². The second-order valence-electron chi connectivity index (χ2n) is 5.29. The Bertz CT molecular complexity index is 740. The maximum atomic E-state index is 3.27. The summed E-state index contributed by atoms with van der Waals surface area (Å²) >= 11 is 0. The van der Waals surface area contributed by atoms with Crippen molar-refractivity contribution in [3.63, 3.8) is 0 Å². The Balaban J connectivity index is 1.66. The number of hydrogen-bond acceptors (Lipinski definition) is 0. The zero-order valence-corrected chi connectivity index (χ0v) is 11.2. The summed E-state index contributed by atoms with van der Waals surface area (Å²) in [5.74, 6) is 6.55. The molecule has 0 nitrogen and oxygen atoms in total. The Morgan fingerprint density at radius 1 is 0.650 bits per heavy atom. The first-order valence-electron chi connectivity index (χ1n) is 6.99. The predicted octanol–water partition coefficient (Wildman–Crippen LogP) is 4.23. The Hall–Kier alpha value is -2.52. The highest BCUT2D eigenvalue weighted by Gasteiger charge is 2.05. The molecule has 2 aliphatic carbocycles. The average molecular weight is 254 g/mol. The Morgan fingerprint density at radius 2 is 1.15 bits per heavy atom. The first kappa shape index (κ1) is 11.3. The van der Waals surface area contributed by atoms with Gasteiger partial charge in [0.15, 0.2) is 0 Å². The molecule has 0 heterocycles. The number of fused-ring (bicyclic) bond motifs is 2. The Labute approximate surface area is 119 Å². The lowest BCUT2D eigenvalue weighted by Gasteiger charge is -1.99. The number of hydrogen-bond donors (Lipinski definition) is 0. The molecule has 0 bridgehead atoms. The highest BCUT2D eigenvalue weighted by atomic mass is 14.1. The van der Waals surface area contributed by atoms with Crippen molar-refractivity contribution in [2.24, 2.45) is 0 Å². The minimum Gasteiger partial charge on any atom is -0.0795 e. The van der Waals surface area contributed by atoms with E-state index in [0.29, 0.717) is 0 Å². The van der Waals surface area contributed by atoms with Crippen molar-refractivity contribution < 1.29 is 0 Å². The third-order valence-corrected chi connectivity index (χ3v) is 3.91. The van der Waals surface area contributed by atoms with Gasteiger partial charge in [-0.25, -0.2) is 0 Å². The van der Waals surface area contributed by atoms with E-state index >= 15 is 0 Å². The van der Waals surface area contributed by atoms with Crippen molar-refractivity contribution in [2.45, 2.75) is 12.8 Å².